The van der Waals surface area contributed by atoms with Gasteiger partial charge in [0.05, 0.1) is 18.2 Å². The molecule has 3 aromatic carbocycles. The molecule has 0 aliphatic rings. The molecule has 0 saturated carbocycles. The van der Waals surface area contributed by atoms with E-state index >= 15 is 0 Å². The van der Waals surface area contributed by atoms with Crippen LogP contribution >= 0.6 is 0 Å². The molecule has 1 heterocycles. The molecule has 0 radical (unpaired) electrons. The molecule has 4 aromatic rings. The second-order valence-corrected chi connectivity index (χ2v) is 9.32. The maximum Gasteiger partial charge on any atom is 0.345 e. The molecule has 0 aliphatic heterocycles. The van der Waals surface area contributed by atoms with Gasteiger partial charge >= 0.3 is 5.97 Å². The van der Waals surface area contributed by atoms with Crippen molar-refractivity contribution in [1.82, 2.24) is 10.3 Å². The van der Waals surface area contributed by atoms with Crippen molar-refractivity contribution in [3.8, 4) is 11.5 Å². The Bertz CT molecular complexity index is 1470. The fourth-order valence-electron chi connectivity index (χ4n) is 4.52. The van der Waals surface area contributed by atoms with Crippen LogP contribution < -0.4 is 15.6 Å². The van der Waals surface area contributed by atoms with Crippen LogP contribution in [-0.2, 0) is 10.4 Å². The van der Waals surface area contributed by atoms with Gasteiger partial charge in [0.2, 0.25) is 11.2 Å². The lowest BCUT2D eigenvalue weighted by Crippen LogP contribution is -2.36. The first-order valence-electron chi connectivity index (χ1n) is 12.8. The quantitative estimate of drug-likeness (QED) is 0.143. The van der Waals surface area contributed by atoms with Crippen molar-refractivity contribution >= 4 is 16.9 Å². The molecule has 0 amide bonds. The second-order valence-electron chi connectivity index (χ2n) is 9.32. The van der Waals surface area contributed by atoms with E-state index in [4.69, 9.17) is 4.74 Å². The fourth-order valence-corrected chi connectivity index (χ4v) is 4.52. The number of benzene rings is 3. The molecule has 204 valence electrons. The summed E-state index contributed by atoms with van der Waals surface area (Å²) < 4.78 is 5.81. The van der Waals surface area contributed by atoms with Gasteiger partial charge in [0.25, 0.3) is 0 Å². The molecule has 1 aromatic heterocycles. The first-order valence-corrected chi connectivity index (χ1v) is 12.8. The molecular weight excluding hydrogens is 500 g/mol. The van der Waals surface area contributed by atoms with Crippen molar-refractivity contribution in [2.24, 2.45) is 0 Å². The van der Waals surface area contributed by atoms with E-state index in [2.05, 4.69) is 10.3 Å². The van der Waals surface area contributed by atoms with Crippen LogP contribution in [0.2, 0.25) is 0 Å². The van der Waals surface area contributed by atoms with Gasteiger partial charge in [0.15, 0.2) is 0 Å². The Morgan fingerprint density at radius 2 is 1.72 bits per heavy atom. The highest BCUT2D eigenvalue weighted by Gasteiger charge is 2.40. The molecular formula is C30H32N2O7. The number of nitrogens with one attached hydrogen (secondary N) is 2. The van der Waals surface area contributed by atoms with Crippen molar-refractivity contribution in [3.63, 3.8) is 0 Å². The zero-order valence-electron chi connectivity index (χ0n) is 21.3. The average molecular weight is 533 g/mol. The molecule has 9 heteroatoms. The number of unbranched alkanes of at least 4 members (excludes halogenated alkanes) is 2. The Labute approximate surface area is 225 Å². The van der Waals surface area contributed by atoms with Crippen LogP contribution in [0.1, 0.15) is 42.1 Å². The summed E-state index contributed by atoms with van der Waals surface area (Å²) in [6.07, 6.45) is 1.68. The number of ether oxygens (including phenoxy) is 1. The van der Waals surface area contributed by atoms with Crippen LogP contribution in [-0.4, -0.2) is 51.1 Å². The Balaban J connectivity index is 1.22. The van der Waals surface area contributed by atoms with E-state index < -0.39 is 17.7 Å². The summed E-state index contributed by atoms with van der Waals surface area (Å²) in [6.45, 7) is 1.43. The zero-order chi connectivity index (χ0) is 27.8. The summed E-state index contributed by atoms with van der Waals surface area (Å²) in [5.74, 6) is -0.932. The number of aromatic amines is 1. The summed E-state index contributed by atoms with van der Waals surface area (Å²) in [6, 6.07) is 20.8. The largest absolute Gasteiger partial charge is 0.506 e. The minimum atomic E-state index is -2.18. The van der Waals surface area contributed by atoms with Crippen molar-refractivity contribution in [1.29, 1.82) is 0 Å². The van der Waals surface area contributed by atoms with E-state index in [9.17, 15) is 30.0 Å². The lowest BCUT2D eigenvalue weighted by Gasteiger charge is -2.25. The van der Waals surface area contributed by atoms with E-state index in [0.717, 1.165) is 19.3 Å². The molecule has 4 rings (SSSR count). The van der Waals surface area contributed by atoms with Crippen LogP contribution in [0.4, 0.5) is 0 Å². The minimum Gasteiger partial charge on any atom is -0.506 e. The standard InChI is InChI=1S/C30H32N2O7/c33-25-14-12-23(24-13-15-27(35)32-28(24)25)26(34)19-31-16-5-2-6-17-39-22-11-7-10-21(18-22)30(38,29(36)37)20-8-3-1-4-9-20/h1,3-4,7-15,18,26,31,33-34,38H,2,5-6,16-17,19H2,(H,32,35)(H,36,37). The Kier molecular flexibility index (Phi) is 8.98. The molecule has 9 nitrogen and oxygen atoms in total. The molecule has 39 heavy (non-hydrogen) atoms. The van der Waals surface area contributed by atoms with Gasteiger partial charge in [-0.25, -0.2) is 4.79 Å². The SMILES string of the molecule is O=C(O)C(O)(c1ccccc1)c1cccc(OCCCCCNCC(O)c2ccc(O)c3[nH]c(=O)ccc23)c1. The molecule has 2 atom stereocenters. The number of fused-ring (bicyclic) bond motifs is 1. The van der Waals surface area contributed by atoms with Crippen molar-refractivity contribution in [2.75, 3.05) is 19.7 Å². The third-order valence-corrected chi connectivity index (χ3v) is 6.62. The molecule has 0 bridgehead atoms. The number of phenolic OH excluding ortho intramolecular Hbond substituents is 1. The molecule has 6 N–H and O–H groups in total. The Morgan fingerprint density at radius 3 is 2.49 bits per heavy atom. The Hall–Kier alpha value is -4.18. The molecule has 0 fully saturated rings. The summed E-state index contributed by atoms with van der Waals surface area (Å²) >= 11 is 0. The number of carboxylic acid groups (broad SMARTS) is 1. The number of pyridine rings is 1. The number of aromatic nitrogens is 1. The van der Waals surface area contributed by atoms with E-state index in [1.165, 1.54) is 12.1 Å². The van der Waals surface area contributed by atoms with Crippen LogP contribution in [0.15, 0.2) is 83.7 Å². The highest BCUT2D eigenvalue weighted by molar-refractivity contribution is 5.87. The number of aliphatic carboxylic acids is 1. The number of aliphatic hydroxyl groups is 2. The number of carbonyl (C=O) groups is 1. The minimum absolute atomic E-state index is 0.0469. The molecule has 0 saturated heterocycles. The average Bonchev–Trinajstić information content (AvgIpc) is 2.94. The highest BCUT2D eigenvalue weighted by atomic mass is 16.5. The second kappa shape index (κ2) is 12.6. The molecule has 2 unspecified atom stereocenters. The monoisotopic (exact) mass is 532 g/mol. The first-order chi connectivity index (χ1) is 18.8. The topological polar surface area (TPSA) is 152 Å². The van der Waals surface area contributed by atoms with Crippen molar-refractivity contribution in [2.45, 2.75) is 31.0 Å². The third kappa shape index (κ3) is 6.46. The van der Waals surface area contributed by atoms with E-state index in [0.29, 0.717) is 41.9 Å². The number of H-pyrrole nitrogens is 1. The van der Waals surface area contributed by atoms with Crippen molar-refractivity contribution < 1.29 is 30.0 Å². The van der Waals surface area contributed by atoms with Crippen molar-refractivity contribution in [3.05, 3.63) is 106 Å². The molecule has 0 aliphatic carbocycles. The summed E-state index contributed by atoms with van der Waals surface area (Å²) in [5.41, 5.74) is -1.11. The lowest BCUT2D eigenvalue weighted by atomic mass is 9.86. The van der Waals surface area contributed by atoms with Gasteiger partial charge in [-0.05, 0) is 61.2 Å². The smallest absolute Gasteiger partial charge is 0.345 e. The maximum atomic E-state index is 12.0. The predicted octanol–water partition coefficient (Wildman–Crippen LogP) is 3.43. The van der Waals surface area contributed by atoms with Crippen LogP contribution in [0, 0.1) is 0 Å². The van der Waals surface area contributed by atoms with Gasteiger partial charge in [0, 0.05) is 23.6 Å². The number of aliphatic hydroxyl groups excluding tert-OH is 1. The van der Waals surface area contributed by atoms with Gasteiger partial charge in [-0.3, -0.25) is 4.79 Å². The first kappa shape index (κ1) is 27.8. The maximum absolute atomic E-state index is 12.0. The molecule has 0 spiro atoms. The summed E-state index contributed by atoms with van der Waals surface area (Å²) in [4.78, 5) is 26.2. The fraction of sp³-hybridized carbons (Fsp3) is 0.267. The van der Waals surface area contributed by atoms with E-state index in [-0.39, 0.29) is 22.4 Å². The number of aromatic hydroxyl groups is 1. The number of carboxylic acids is 1. The van der Waals surface area contributed by atoms with Gasteiger partial charge in [-0.15, -0.1) is 0 Å². The predicted molar refractivity (Wildman–Crippen MR) is 147 cm³/mol. The van der Waals surface area contributed by atoms with Gasteiger partial charge in [-0.2, -0.15) is 0 Å². The van der Waals surface area contributed by atoms with E-state index in [1.54, 1.807) is 66.7 Å². The number of rotatable bonds is 13. The van der Waals surface area contributed by atoms with Crippen LogP contribution in [0.5, 0.6) is 11.5 Å². The lowest BCUT2D eigenvalue weighted by molar-refractivity contribution is -0.155. The van der Waals surface area contributed by atoms with Gasteiger partial charge in [-0.1, -0.05) is 48.5 Å². The third-order valence-electron chi connectivity index (χ3n) is 6.62. The van der Waals surface area contributed by atoms with E-state index in [1.807, 2.05) is 0 Å². The van der Waals surface area contributed by atoms with Gasteiger partial charge in [0.1, 0.15) is 11.5 Å². The number of phenols is 1. The van der Waals surface area contributed by atoms with Gasteiger partial charge < -0.3 is 35.5 Å². The summed E-state index contributed by atoms with van der Waals surface area (Å²) in [7, 11) is 0. The van der Waals surface area contributed by atoms with Crippen LogP contribution in [0.3, 0.4) is 0 Å². The number of hydrogen-bond acceptors (Lipinski definition) is 7. The highest BCUT2D eigenvalue weighted by Crippen LogP contribution is 2.32. The number of hydrogen-bond donors (Lipinski definition) is 6. The normalized spacial score (nSPS) is 13.6. The summed E-state index contributed by atoms with van der Waals surface area (Å²) in [5, 5.41) is 45.2. The zero-order valence-corrected chi connectivity index (χ0v) is 21.3. The van der Waals surface area contributed by atoms with Crippen LogP contribution in [0.25, 0.3) is 10.9 Å². The Morgan fingerprint density at radius 1 is 0.949 bits per heavy atom.